The van der Waals surface area contributed by atoms with Crippen LogP contribution < -0.4 is 0 Å². The molecule has 0 aromatic carbocycles. The Morgan fingerprint density at radius 2 is 1.29 bits per heavy atom. The minimum atomic E-state index is -0.991. The Bertz CT molecular complexity index is 213. The Labute approximate surface area is 84.9 Å². The Kier molecular flexibility index (Phi) is 6.00. The highest BCUT2D eigenvalue weighted by molar-refractivity contribution is 6.18. The minimum absolute atomic E-state index is 0.224. The molecule has 0 heterocycles. The van der Waals surface area contributed by atoms with Crippen LogP contribution in [-0.2, 0) is 14.4 Å². The van der Waals surface area contributed by atoms with Gasteiger partial charge in [0.05, 0.1) is 0 Å². The molecule has 0 atom stereocenters. The number of Topliss-reactive ketones (excluding diaryl/α,β-unsaturated/α-hetero) is 3. The van der Waals surface area contributed by atoms with Crippen LogP contribution in [0.2, 0.25) is 0 Å². The molecule has 80 valence electrons. The topological polar surface area (TPSA) is 51.2 Å². The van der Waals surface area contributed by atoms with Crippen LogP contribution in [0.3, 0.4) is 0 Å². The van der Waals surface area contributed by atoms with Crippen LogP contribution in [0.15, 0.2) is 0 Å². The fourth-order valence-electron chi connectivity index (χ4n) is 1.41. The largest absolute Gasteiger partial charge is 0.299 e. The molecule has 0 saturated heterocycles. The third-order valence-corrected chi connectivity index (χ3v) is 2.04. The number of carbonyl (C=O) groups excluding carboxylic acids is 3. The molecule has 0 spiro atoms. The van der Waals surface area contributed by atoms with Gasteiger partial charge in [-0.15, -0.1) is 0 Å². The zero-order valence-corrected chi connectivity index (χ0v) is 9.13. The average molecular weight is 198 g/mol. The lowest BCUT2D eigenvalue weighted by Gasteiger charge is -2.09. The second kappa shape index (κ2) is 6.46. The van der Waals surface area contributed by atoms with Gasteiger partial charge in [-0.25, -0.2) is 0 Å². The van der Waals surface area contributed by atoms with E-state index in [1.54, 1.807) is 0 Å². The third kappa shape index (κ3) is 3.81. The molecule has 0 bridgehead atoms. The lowest BCUT2D eigenvalue weighted by atomic mass is 9.90. The van der Waals surface area contributed by atoms with E-state index in [2.05, 4.69) is 0 Å². The summed E-state index contributed by atoms with van der Waals surface area (Å²) in [6, 6.07) is 0. The maximum absolute atomic E-state index is 11.5. The van der Waals surface area contributed by atoms with E-state index in [1.807, 2.05) is 13.8 Å². The smallest absolute Gasteiger partial charge is 0.150 e. The first-order chi connectivity index (χ1) is 6.54. The van der Waals surface area contributed by atoms with E-state index in [0.29, 0.717) is 25.7 Å². The van der Waals surface area contributed by atoms with Gasteiger partial charge in [-0.05, 0) is 19.8 Å². The molecule has 0 aliphatic heterocycles. The van der Waals surface area contributed by atoms with Crippen molar-refractivity contribution in [3.63, 3.8) is 0 Å². The molecule has 0 aromatic rings. The molecule has 0 N–H and O–H groups in total. The molecule has 0 rings (SSSR count). The van der Waals surface area contributed by atoms with E-state index in [9.17, 15) is 14.4 Å². The fourth-order valence-corrected chi connectivity index (χ4v) is 1.41. The van der Waals surface area contributed by atoms with Crippen LogP contribution >= 0.6 is 0 Å². The first kappa shape index (κ1) is 13.0. The highest BCUT2D eigenvalue weighted by Gasteiger charge is 2.28. The van der Waals surface area contributed by atoms with Gasteiger partial charge >= 0.3 is 0 Å². The van der Waals surface area contributed by atoms with Gasteiger partial charge in [0.2, 0.25) is 0 Å². The molecular formula is C11H18O3. The van der Waals surface area contributed by atoms with Crippen LogP contribution in [0.1, 0.15) is 46.5 Å². The molecule has 3 heteroatoms. The Hall–Kier alpha value is -0.990. The molecule has 0 aliphatic carbocycles. The maximum Gasteiger partial charge on any atom is 0.150 e. The van der Waals surface area contributed by atoms with Crippen LogP contribution in [0, 0.1) is 5.92 Å². The highest BCUT2D eigenvalue weighted by atomic mass is 16.2. The number of hydrogen-bond acceptors (Lipinski definition) is 3. The Balaban J connectivity index is 4.51. The summed E-state index contributed by atoms with van der Waals surface area (Å²) in [6.45, 7) is 5.03. The summed E-state index contributed by atoms with van der Waals surface area (Å²) in [5.41, 5.74) is 0. The van der Waals surface area contributed by atoms with Gasteiger partial charge in [0, 0.05) is 12.8 Å². The summed E-state index contributed by atoms with van der Waals surface area (Å²) >= 11 is 0. The maximum atomic E-state index is 11.5. The van der Waals surface area contributed by atoms with Gasteiger partial charge in [-0.1, -0.05) is 13.8 Å². The molecule has 0 radical (unpaired) electrons. The van der Waals surface area contributed by atoms with E-state index in [0.717, 1.165) is 0 Å². The molecule has 0 fully saturated rings. The highest BCUT2D eigenvalue weighted by Crippen LogP contribution is 2.10. The van der Waals surface area contributed by atoms with Crippen molar-refractivity contribution < 1.29 is 14.4 Å². The molecular weight excluding hydrogens is 180 g/mol. The average Bonchev–Trinajstić information content (AvgIpc) is 2.04. The van der Waals surface area contributed by atoms with Gasteiger partial charge in [-0.3, -0.25) is 14.4 Å². The van der Waals surface area contributed by atoms with Crippen molar-refractivity contribution in [1.29, 1.82) is 0 Å². The normalized spacial score (nSPS) is 10.3. The molecule has 0 amide bonds. The van der Waals surface area contributed by atoms with Crippen molar-refractivity contribution in [1.82, 2.24) is 0 Å². The van der Waals surface area contributed by atoms with Crippen molar-refractivity contribution in [3.05, 3.63) is 0 Å². The Morgan fingerprint density at radius 3 is 1.50 bits per heavy atom. The standard InChI is InChI=1S/C11H18O3/c1-4-6-9(13)11(8(3)12)10(14)7-5-2/h11H,4-7H2,1-3H3. The second-order valence-corrected chi connectivity index (χ2v) is 3.48. The summed E-state index contributed by atoms with van der Waals surface area (Å²) in [4.78, 5) is 34.1. The first-order valence-corrected chi connectivity index (χ1v) is 5.10. The predicted octanol–water partition coefficient (Wildman–Crippen LogP) is 1.93. The number of hydrogen-bond donors (Lipinski definition) is 0. The lowest BCUT2D eigenvalue weighted by Crippen LogP contribution is -2.30. The van der Waals surface area contributed by atoms with E-state index in [-0.39, 0.29) is 17.3 Å². The van der Waals surface area contributed by atoms with E-state index < -0.39 is 5.92 Å². The van der Waals surface area contributed by atoms with Crippen LogP contribution in [0.4, 0.5) is 0 Å². The van der Waals surface area contributed by atoms with Gasteiger partial charge in [-0.2, -0.15) is 0 Å². The van der Waals surface area contributed by atoms with Crippen molar-refractivity contribution in [2.24, 2.45) is 5.92 Å². The quantitative estimate of drug-likeness (QED) is 0.587. The zero-order valence-electron chi connectivity index (χ0n) is 9.13. The van der Waals surface area contributed by atoms with Crippen molar-refractivity contribution >= 4 is 17.3 Å². The molecule has 14 heavy (non-hydrogen) atoms. The van der Waals surface area contributed by atoms with E-state index in [4.69, 9.17) is 0 Å². The van der Waals surface area contributed by atoms with Crippen molar-refractivity contribution in [2.45, 2.75) is 46.5 Å². The first-order valence-electron chi connectivity index (χ1n) is 5.10. The lowest BCUT2D eigenvalue weighted by molar-refractivity contribution is -0.139. The molecule has 3 nitrogen and oxygen atoms in total. The van der Waals surface area contributed by atoms with Gasteiger partial charge in [0.15, 0.2) is 11.6 Å². The number of rotatable bonds is 7. The van der Waals surface area contributed by atoms with Gasteiger partial charge < -0.3 is 0 Å². The number of ketones is 3. The van der Waals surface area contributed by atoms with Crippen molar-refractivity contribution in [3.8, 4) is 0 Å². The SMILES string of the molecule is CCCC(=O)C(C(C)=O)C(=O)CCC. The van der Waals surface area contributed by atoms with Gasteiger partial charge in [0.25, 0.3) is 0 Å². The van der Waals surface area contributed by atoms with Crippen LogP contribution in [0.5, 0.6) is 0 Å². The Morgan fingerprint density at radius 1 is 0.929 bits per heavy atom. The van der Waals surface area contributed by atoms with E-state index >= 15 is 0 Å². The van der Waals surface area contributed by atoms with Crippen molar-refractivity contribution in [2.75, 3.05) is 0 Å². The second-order valence-electron chi connectivity index (χ2n) is 3.48. The summed E-state index contributed by atoms with van der Waals surface area (Å²) < 4.78 is 0. The summed E-state index contributed by atoms with van der Waals surface area (Å²) in [6.07, 6.45) is 2.00. The minimum Gasteiger partial charge on any atom is -0.299 e. The monoisotopic (exact) mass is 198 g/mol. The fraction of sp³-hybridized carbons (Fsp3) is 0.727. The molecule has 0 aliphatic rings. The summed E-state index contributed by atoms with van der Waals surface area (Å²) in [7, 11) is 0. The third-order valence-electron chi connectivity index (χ3n) is 2.04. The van der Waals surface area contributed by atoms with E-state index in [1.165, 1.54) is 6.92 Å². The number of carbonyl (C=O) groups is 3. The molecule has 0 saturated carbocycles. The summed E-state index contributed by atoms with van der Waals surface area (Å²) in [5.74, 6) is -1.76. The van der Waals surface area contributed by atoms with Crippen LogP contribution in [0.25, 0.3) is 0 Å². The summed E-state index contributed by atoms with van der Waals surface area (Å²) in [5, 5.41) is 0. The molecule has 0 unspecified atom stereocenters. The zero-order chi connectivity index (χ0) is 11.1. The van der Waals surface area contributed by atoms with Gasteiger partial charge in [0.1, 0.15) is 11.7 Å². The van der Waals surface area contributed by atoms with Crippen LogP contribution in [-0.4, -0.2) is 17.3 Å². The molecule has 0 aromatic heterocycles. The predicted molar refractivity (Wildman–Crippen MR) is 54.0 cm³/mol.